The van der Waals surface area contributed by atoms with Gasteiger partial charge in [-0.05, 0) is 45.8 Å². The number of hydrogen-bond acceptors (Lipinski definition) is 3. The molecule has 0 saturated heterocycles. The van der Waals surface area contributed by atoms with Crippen LogP contribution in [0.3, 0.4) is 0 Å². The molecule has 0 unspecified atom stereocenters. The summed E-state index contributed by atoms with van der Waals surface area (Å²) in [5.74, 6) is 3.22. The van der Waals surface area contributed by atoms with Gasteiger partial charge in [0.05, 0.1) is 6.42 Å². The fourth-order valence-electron chi connectivity index (χ4n) is 4.71. The fourth-order valence-corrected chi connectivity index (χ4v) is 9.93. The lowest BCUT2D eigenvalue weighted by Crippen LogP contribution is -2.43. The van der Waals surface area contributed by atoms with E-state index in [-0.39, 0.29) is 13.2 Å². The first-order chi connectivity index (χ1) is 14.1. The van der Waals surface area contributed by atoms with Crippen LogP contribution in [0, 0.1) is 11.5 Å². The number of aliphatic carboxylic acids is 1. The molecule has 1 N–H and O–H groups in total. The fraction of sp³-hybridized carbons (Fsp3) is 0.480. The molecule has 0 amide bonds. The molecule has 0 aromatic heterocycles. The Labute approximate surface area is 181 Å². The minimum absolute atomic E-state index is 0.0828. The molecule has 2 rings (SSSR count). The predicted molar refractivity (Wildman–Crippen MR) is 126 cm³/mol. The molecule has 162 valence electrons. The van der Waals surface area contributed by atoms with Crippen molar-refractivity contribution in [3.63, 3.8) is 0 Å². The Morgan fingerprint density at radius 2 is 1.70 bits per heavy atom. The monoisotopic (exact) mass is 426 g/mol. The SMILES string of the molecule is COCOc1cc(CC(=O)O)c2c(C#C[Si](C(C)C)(C(C)C)C(C)C)cccc2c1. The van der Waals surface area contributed by atoms with Crippen LogP contribution in [0.25, 0.3) is 10.8 Å². The van der Waals surface area contributed by atoms with Crippen molar-refractivity contribution in [3.05, 3.63) is 41.5 Å². The Balaban J connectivity index is 2.71. The molecule has 0 spiro atoms. The van der Waals surface area contributed by atoms with Gasteiger partial charge in [-0.15, -0.1) is 5.54 Å². The van der Waals surface area contributed by atoms with Gasteiger partial charge in [0.25, 0.3) is 0 Å². The normalized spacial score (nSPS) is 11.8. The van der Waals surface area contributed by atoms with Crippen molar-refractivity contribution < 1.29 is 19.4 Å². The lowest BCUT2D eigenvalue weighted by atomic mass is 9.97. The summed E-state index contributed by atoms with van der Waals surface area (Å²) in [6, 6.07) is 9.65. The van der Waals surface area contributed by atoms with E-state index in [1.165, 1.54) is 0 Å². The van der Waals surface area contributed by atoms with Crippen molar-refractivity contribution in [2.75, 3.05) is 13.9 Å². The van der Waals surface area contributed by atoms with Gasteiger partial charge in [-0.1, -0.05) is 59.6 Å². The van der Waals surface area contributed by atoms with Crippen molar-refractivity contribution in [2.45, 2.75) is 64.6 Å². The molecule has 30 heavy (non-hydrogen) atoms. The van der Waals surface area contributed by atoms with Crippen LogP contribution >= 0.6 is 0 Å². The number of carboxylic acid groups (broad SMARTS) is 1. The van der Waals surface area contributed by atoms with E-state index in [0.29, 0.717) is 27.9 Å². The van der Waals surface area contributed by atoms with Gasteiger partial charge in [-0.25, -0.2) is 0 Å². The zero-order chi connectivity index (χ0) is 22.5. The minimum atomic E-state index is -1.89. The molecule has 5 heteroatoms. The summed E-state index contributed by atoms with van der Waals surface area (Å²) in [6.07, 6.45) is -0.0828. The molecule has 0 aliphatic heterocycles. The molecular weight excluding hydrogens is 392 g/mol. The molecular formula is C25H34O4Si. The second-order valence-corrected chi connectivity index (χ2v) is 14.3. The minimum Gasteiger partial charge on any atom is -0.481 e. The quantitative estimate of drug-likeness (QED) is 0.319. The molecule has 0 fully saturated rings. The van der Waals surface area contributed by atoms with E-state index in [2.05, 4.69) is 53.0 Å². The number of hydrogen-bond donors (Lipinski definition) is 1. The summed E-state index contributed by atoms with van der Waals surface area (Å²) in [4.78, 5) is 11.5. The van der Waals surface area contributed by atoms with Gasteiger partial charge < -0.3 is 14.6 Å². The van der Waals surface area contributed by atoms with Crippen LogP contribution < -0.4 is 4.74 Å². The first kappa shape index (κ1) is 24.0. The topological polar surface area (TPSA) is 55.8 Å². The Hall–Kier alpha value is -2.29. The number of ether oxygens (including phenoxy) is 2. The molecule has 0 radical (unpaired) electrons. The first-order valence-corrected chi connectivity index (χ1v) is 12.8. The number of methoxy groups -OCH3 is 1. The maximum atomic E-state index is 11.5. The summed E-state index contributed by atoms with van der Waals surface area (Å²) in [6.45, 7) is 13.9. The molecule has 0 aliphatic rings. The summed E-state index contributed by atoms with van der Waals surface area (Å²) in [7, 11) is -0.338. The molecule has 0 heterocycles. The second kappa shape index (κ2) is 10.1. The van der Waals surface area contributed by atoms with Crippen molar-refractivity contribution in [1.29, 1.82) is 0 Å². The lowest BCUT2D eigenvalue weighted by molar-refractivity contribution is -0.136. The van der Waals surface area contributed by atoms with Crippen LogP contribution in [0.1, 0.15) is 52.7 Å². The van der Waals surface area contributed by atoms with Gasteiger partial charge in [0.15, 0.2) is 6.79 Å². The third-order valence-corrected chi connectivity index (χ3v) is 12.3. The lowest BCUT2D eigenvalue weighted by Gasteiger charge is -2.38. The van der Waals surface area contributed by atoms with Gasteiger partial charge in [0.2, 0.25) is 0 Å². The van der Waals surface area contributed by atoms with Crippen molar-refractivity contribution in [1.82, 2.24) is 0 Å². The van der Waals surface area contributed by atoms with Crippen LogP contribution in [0.5, 0.6) is 5.75 Å². The number of carbonyl (C=O) groups is 1. The van der Waals surface area contributed by atoms with E-state index in [9.17, 15) is 9.90 Å². The number of fused-ring (bicyclic) bond motifs is 1. The van der Waals surface area contributed by atoms with E-state index in [0.717, 1.165) is 16.3 Å². The summed E-state index contributed by atoms with van der Waals surface area (Å²) in [5, 5.41) is 11.3. The molecule has 0 bridgehead atoms. The smallest absolute Gasteiger partial charge is 0.307 e. The molecule has 2 aromatic rings. The third-order valence-electron chi connectivity index (χ3n) is 6.00. The van der Waals surface area contributed by atoms with E-state index < -0.39 is 14.0 Å². The average Bonchev–Trinajstić information content (AvgIpc) is 2.65. The first-order valence-electron chi connectivity index (χ1n) is 10.6. The van der Waals surface area contributed by atoms with Crippen molar-refractivity contribution in [2.24, 2.45) is 0 Å². The summed E-state index contributed by atoms with van der Waals surface area (Å²) >= 11 is 0. The molecule has 4 nitrogen and oxygen atoms in total. The van der Waals surface area contributed by atoms with Crippen molar-refractivity contribution in [3.8, 4) is 17.2 Å². The zero-order valence-electron chi connectivity index (χ0n) is 19.2. The molecule has 0 aliphatic carbocycles. The molecule has 0 atom stereocenters. The maximum absolute atomic E-state index is 11.5. The predicted octanol–water partition coefficient (Wildman–Crippen LogP) is 6.02. The van der Waals surface area contributed by atoms with E-state index >= 15 is 0 Å². The van der Waals surface area contributed by atoms with E-state index in [4.69, 9.17) is 9.47 Å². The largest absolute Gasteiger partial charge is 0.481 e. The van der Waals surface area contributed by atoms with E-state index in [1.807, 2.05) is 24.3 Å². The van der Waals surface area contributed by atoms with Gasteiger partial charge in [0, 0.05) is 18.1 Å². The third kappa shape index (κ3) is 5.06. The highest BCUT2D eigenvalue weighted by atomic mass is 28.3. The van der Waals surface area contributed by atoms with Crippen LogP contribution in [-0.2, 0) is 16.0 Å². The van der Waals surface area contributed by atoms with Crippen molar-refractivity contribution >= 4 is 24.8 Å². The maximum Gasteiger partial charge on any atom is 0.307 e. The van der Waals surface area contributed by atoms with Gasteiger partial charge in [-0.2, -0.15) is 0 Å². The molecule has 2 aromatic carbocycles. The Bertz CT molecular complexity index is 929. The summed E-state index contributed by atoms with van der Waals surface area (Å²) < 4.78 is 10.6. The number of benzene rings is 2. The Morgan fingerprint density at radius 3 is 2.23 bits per heavy atom. The van der Waals surface area contributed by atoms with Crippen LogP contribution in [0.15, 0.2) is 30.3 Å². The van der Waals surface area contributed by atoms with Gasteiger partial charge in [-0.3, -0.25) is 4.79 Å². The van der Waals surface area contributed by atoms with Gasteiger partial charge in [0.1, 0.15) is 13.8 Å². The standard InChI is InChI=1S/C25H34O4Si/c1-17(2)30(18(3)4,19(5)6)12-11-20-9-8-10-21-13-23(29-16-28-7)14-22(25(20)21)15-24(26)27/h8-10,13-14,17-19H,15-16H2,1-7H3,(H,26,27). The highest BCUT2D eigenvalue weighted by molar-refractivity contribution is 6.90. The molecule has 0 saturated carbocycles. The average molecular weight is 427 g/mol. The number of carboxylic acids is 1. The highest BCUT2D eigenvalue weighted by Crippen LogP contribution is 2.41. The van der Waals surface area contributed by atoms with Crippen LogP contribution in [0.4, 0.5) is 0 Å². The Kier molecular flexibility index (Phi) is 8.11. The number of rotatable bonds is 8. The highest BCUT2D eigenvalue weighted by Gasteiger charge is 2.41. The zero-order valence-corrected chi connectivity index (χ0v) is 20.2. The van der Waals surface area contributed by atoms with Gasteiger partial charge >= 0.3 is 5.97 Å². The van der Waals surface area contributed by atoms with Crippen LogP contribution in [-0.4, -0.2) is 33.1 Å². The second-order valence-electron chi connectivity index (χ2n) is 8.75. The Morgan fingerprint density at radius 1 is 1.07 bits per heavy atom. The summed E-state index contributed by atoms with van der Waals surface area (Å²) in [5.41, 5.74) is 6.96. The van der Waals surface area contributed by atoms with Crippen LogP contribution in [0.2, 0.25) is 16.6 Å². The van der Waals surface area contributed by atoms with E-state index in [1.54, 1.807) is 13.2 Å².